The normalized spacial score (nSPS) is 26.3. The van der Waals surface area contributed by atoms with E-state index in [-0.39, 0.29) is 22.9 Å². The zero-order valence-electron chi connectivity index (χ0n) is 13.3. The van der Waals surface area contributed by atoms with Crippen LogP contribution in [-0.2, 0) is 11.2 Å². The van der Waals surface area contributed by atoms with Gasteiger partial charge in [-0.05, 0) is 52.7 Å². The lowest BCUT2D eigenvalue weighted by atomic mass is 9.75. The van der Waals surface area contributed by atoms with Gasteiger partial charge in [0.25, 0.3) is 0 Å². The highest BCUT2D eigenvalue weighted by Crippen LogP contribution is 2.40. The van der Waals surface area contributed by atoms with E-state index in [1.54, 1.807) is 12.1 Å². The molecule has 4 heteroatoms. The van der Waals surface area contributed by atoms with E-state index < -0.39 is 0 Å². The van der Waals surface area contributed by atoms with Gasteiger partial charge in [0.05, 0.1) is 6.10 Å². The summed E-state index contributed by atoms with van der Waals surface area (Å²) in [6.07, 6.45) is 1.60. The van der Waals surface area contributed by atoms with Crippen LogP contribution in [0.15, 0.2) is 18.2 Å². The molecule has 21 heavy (non-hydrogen) atoms. The predicted octanol–water partition coefficient (Wildman–Crippen LogP) is 4.20. The highest BCUT2D eigenvalue weighted by atomic mass is 35.5. The molecule has 2 unspecified atom stereocenters. The molecule has 0 saturated carbocycles. The Kier molecular flexibility index (Phi) is 4.96. The Hall–Kier alpha value is -0.640. The zero-order chi connectivity index (χ0) is 15.7. The van der Waals surface area contributed by atoms with Crippen LogP contribution in [0.4, 0.5) is 4.39 Å². The minimum Gasteiger partial charge on any atom is -0.378 e. The van der Waals surface area contributed by atoms with Gasteiger partial charge in [-0.25, -0.2) is 4.39 Å². The molecule has 1 N–H and O–H groups in total. The molecule has 0 spiro atoms. The fraction of sp³-hybridized carbons (Fsp3) is 0.647. The van der Waals surface area contributed by atoms with Crippen molar-refractivity contribution in [2.75, 3.05) is 13.2 Å². The van der Waals surface area contributed by atoms with Crippen LogP contribution in [0.1, 0.15) is 39.7 Å². The predicted molar refractivity (Wildman–Crippen MR) is 85.3 cm³/mol. The summed E-state index contributed by atoms with van der Waals surface area (Å²) in [7, 11) is 0. The Morgan fingerprint density at radius 1 is 1.43 bits per heavy atom. The second-order valence-corrected chi connectivity index (χ2v) is 7.51. The van der Waals surface area contributed by atoms with E-state index in [9.17, 15) is 4.39 Å². The Morgan fingerprint density at radius 2 is 2.14 bits per heavy atom. The SMILES string of the molecule is CC1OCCC1(CNC(C)(C)C)Cc1c(F)cccc1Cl. The molecule has 1 fully saturated rings. The summed E-state index contributed by atoms with van der Waals surface area (Å²) < 4.78 is 19.9. The van der Waals surface area contributed by atoms with Gasteiger partial charge in [0.15, 0.2) is 0 Å². The quantitative estimate of drug-likeness (QED) is 0.899. The molecule has 1 aliphatic rings. The number of ether oxygens (including phenoxy) is 1. The lowest BCUT2D eigenvalue weighted by molar-refractivity contribution is 0.0594. The molecule has 0 radical (unpaired) electrons. The largest absolute Gasteiger partial charge is 0.378 e. The molecule has 0 amide bonds. The summed E-state index contributed by atoms with van der Waals surface area (Å²) in [5.41, 5.74) is 0.514. The monoisotopic (exact) mass is 313 g/mol. The molecular formula is C17H25ClFNO. The zero-order valence-corrected chi connectivity index (χ0v) is 14.1. The Bertz CT molecular complexity index is 480. The maximum Gasteiger partial charge on any atom is 0.127 e. The fourth-order valence-corrected chi connectivity index (χ4v) is 3.07. The second kappa shape index (κ2) is 6.23. The molecular weight excluding hydrogens is 289 g/mol. The van der Waals surface area contributed by atoms with Crippen LogP contribution in [0.25, 0.3) is 0 Å². The van der Waals surface area contributed by atoms with Gasteiger partial charge in [0.1, 0.15) is 5.82 Å². The van der Waals surface area contributed by atoms with Crippen molar-refractivity contribution in [2.45, 2.75) is 52.2 Å². The van der Waals surface area contributed by atoms with Crippen molar-refractivity contribution in [2.24, 2.45) is 5.41 Å². The first-order valence-corrected chi connectivity index (χ1v) is 7.91. The van der Waals surface area contributed by atoms with E-state index in [1.165, 1.54) is 6.07 Å². The number of nitrogens with one attached hydrogen (secondary N) is 1. The van der Waals surface area contributed by atoms with Gasteiger partial charge < -0.3 is 10.1 Å². The van der Waals surface area contributed by atoms with Crippen molar-refractivity contribution in [3.8, 4) is 0 Å². The van der Waals surface area contributed by atoms with Gasteiger partial charge in [-0.15, -0.1) is 0 Å². The molecule has 118 valence electrons. The van der Waals surface area contributed by atoms with Gasteiger partial charge in [0, 0.05) is 34.7 Å². The van der Waals surface area contributed by atoms with Crippen LogP contribution in [0, 0.1) is 11.2 Å². The highest BCUT2D eigenvalue weighted by Gasteiger charge is 2.42. The summed E-state index contributed by atoms with van der Waals surface area (Å²) in [4.78, 5) is 0. The fourth-order valence-electron chi connectivity index (χ4n) is 2.84. The standard InChI is InChI=1S/C17H25ClFNO/c1-12-17(8-9-21-12,11-20-16(2,3)4)10-13-14(18)6-5-7-15(13)19/h5-7,12,20H,8-11H2,1-4H3. The Balaban J connectivity index is 2.25. The maximum atomic E-state index is 14.1. The molecule has 1 aromatic rings. The molecule has 0 bridgehead atoms. The molecule has 1 aliphatic heterocycles. The van der Waals surface area contributed by atoms with Crippen molar-refractivity contribution in [1.29, 1.82) is 0 Å². The first kappa shape index (κ1) is 16.7. The second-order valence-electron chi connectivity index (χ2n) is 7.11. The van der Waals surface area contributed by atoms with E-state index in [2.05, 4.69) is 33.0 Å². The number of hydrogen-bond donors (Lipinski definition) is 1. The van der Waals surface area contributed by atoms with Gasteiger partial charge in [-0.3, -0.25) is 0 Å². The van der Waals surface area contributed by atoms with Crippen molar-refractivity contribution in [3.63, 3.8) is 0 Å². The summed E-state index contributed by atoms with van der Waals surface area (Å²) in [6, 6.07) is 4.88. The molecule has 2 rings (SSSR count). The van der Waals surface area contributed by atoms with E-state index in [0.29, 0.717) is 17.0 Å². The van der Waals surface area contributed by atoms with E-state index >= 15 is 0 Å². The van der Waals surface area contributed by atoms with Gasteiger partial charge in [0.2, 0.25) is 0 Å². The highest BCUT2D eigenvalue weighted by molar-refractivity contribution is 6.31. The van der Waals surface area contributed by atoms with Crippen molar-refractivity contribution in [1.82, 2.24) is 5.32 Å². The van der Waals surface area contributed by atoms with Crippen LogP contribution in [0.5, 0.6) is 0 Å². The minimum atomic E-state index is -0.225. The van der Waals surface area contributed by atoms with Crippen LogP contribution in [0.2, 0.25) is 5.02 Å². The summed E-state index contributed by atoms with van der Waals surface area (Å²) >= 11 is 6.21. The number of benzene rings is 1. The molecule has 0 aromatic heterocycles. The average Bonchev–Trinajstić information content (AvgIpc) is 2.73. The van der Waals surface area contributed by atoms with Crippen LogP contribution in [0.3, 0.4) is 0 Å². The van der Waals surface area contributed by atoms with Crippen LogP contribution >= 0.6 is 11.6 Å². The van der Waals surface area contributed by atoms with Crippen LogP contribution in [-0.4, -0.2) is 24.8 Å². The van der Waals surface area contributed by atoms with Crippen molar-refractivity contribution < 1.29 is 9.13 Å². The topological polar surface area (TPSA) is 21.3 Å². The number of halogens is 2. The molecule has 2 nitrogen and oxygen atoms in total. The van der Waals surface area contributed by atoms with Gasteiger partial charge in [-0.2, -0.15) is 0 Å². The van der Waals surface area contributed by atoms with E-state index in [1.807, 2.05) is 0 Å². The Labute approximate surface area is 132 Å². The molecule has 0 aliphatic carbocycles. The van der Waals surface area contributed by atoms with E-state index in [4.69, 9.17) is 16.3 Å². The lowest BCUT2D eigenvalue weighted by Gasteiger charge is -2.36. The van der Waals surface area contributed by atoms with Crippen molar-refractivity contribution >= 4 is 11.6 Å². The van der Waals surface area contributed by atoms with Gasteiger partial charge in [-0.1, -0.05) is 17.7 Å². The van der Waals surface area contributed by atoms with E-state index in [0.717, 1.165) is 19.6 Å². The number of rotatable bonds is 4. The maximum absolute atomic E-state index is 14.1. The summed E-state index contributed by atoms with van der Waals surface area (Å²) in [6.45, 7) is 10.00. The molecule has 1 aromatic carbocycles. The molecule has 1 saturated heterocycles. The third kappa shape index (κ3) is 3.97. The first-order valence-electron chi connectivity index (χ1n) is 7.53. The Morgan fingerprint density at radius 3 is 2.67 bits per heavy atom. The molecule has 2 atom stereocenters. The van der Waals surface area contributed by atoms with Crippen LogP contribution < -0.4 is 5.32 Å². The third-order valence-electron chi connectivity index (χ3n) is 4.39. The summed E-state index contributed by atoms with van der Waals surface area (Å²) in [5, 5.41) is 4.05. The van der Waals surface area contributed by atoms with Crippen molar-refractivity contribution in [3.05, 3.63) is 34.6 Å². The smallest absolute Gasteiger partial charge is 0.127 e. The third-order valence-corrected chi connectivity index (χ3v) is 4.75. The number of hydrogen-bond acceptors (Lipinski definition) is 2. The first-order chi connectivity index (χ1) is 9.73. The summed E-state index contributed by atoms with van der Waals surface area (Å²) in [5.74, 6) is -0.225. The average molecular weight is 314 g/mol. The minimum absolute atomic E-state index is 0.0222. The lowest BCUT2D eigenvalue weighted by Crippen LogP contribution is -2.47. The van der Waals surface area contributed by atoms with Gasteiger partial charge >= 0.3 is 0 Å². The molecule has 1 heterocycles.